The van der Waals surface area contributed by atoms with E-state index in [0.717, 1.165) is 31.7 Å². The molecule has 1 heterocycles. The van der Waals surface area contributed by atoms with Crippen molar-refractivity contribution in [3.8, 4) is 5.75 Å². The summed E-state index contributed by atoms with van der Waals surface area (Å²) in [6.07, 6.45) is 4.03. The van der Waals surface area contributed by atoms with E-state index in [4.69, 9.17) is 4.74 Å². The van der Waals surface area contributed by atoms with Crippen LogP contribution in [0.1, 0.15) is 28.8 Å². The van der Waals surface area contributed by atoms with Crippen LogP contribution in [0.25, 0.3) is 0 Å². The van der Waals surface area contributed by atoms with E-state index < -0.39 is 0 Å². The van der Waals surface area contributed by atoms with Crippen LogP contribution in [0.3, 0.4) is 0 Å². The number of benzene rings is 1. The van der Waals surface area contributed by atoms with Crippen molar-refractivity contribution in [3.05, 3.63) is 45.9 Å². The molecule has 1 N–H and O–H groups in total. The summed E-state index contributed by atoms with van der Waals surface area (Å²) in [5.74, 6) is 0.896. The maximum atomic E-state index is 5.16. The van der Waals surface area contributed by atoms with Gasteiger partial charge in [0.25, 0.3) is 0 Å². The van der Waals surface area contributed by atoms with E-state index in [9.17, 15) is 0 Å². The molecule has 0 atom stereocenters. The molecule has 19 heavy (non-hydrogen) atoms. The number of methoxy groups -OCH3 is 1. The van der Waals surface area contributed by atoms with Crippen molar-refractivity contribution in [2.24, 2.45) is 0 Å². The molecule has 2 rings (SSSR count). The highest BCUT2D eigenvalue weighted by atomic mass is 32.1. The van der Waals surface area contributed by atoms with Crippen LogP contribution in [-0.2, 0) is 13.0 Å². The predicted octanol–water partition coefficient (Wildman–Crippen LogP) is 3.24. The van der Waals surface area contributed by atoms with Gasteiger partial charge in [0.1, 0.15) is 5.75 Å². The number of aromatic nitrogens is 1. The van der Waals surface area contributed by atoms with Gasteiger partial charge in [-0.3, -0.25) is 0 Å². The first kappa shape index (κ1) is 14.0. The molecule has 0 unspecified atom stereocenters. The number of nitrogens with one attached hydrogen (secondary N) is 1. The summed E-state index contributed by atoms with van der Waals surface area (Å²) in [5, 5.41) is 4.56. The van der Waals surface area contributed by atoms with Gasteiger partial charge in [-0.15, -0.1) is 11.3 Å². The Kier molecular flexibility index (Phi) is 5.36. The van der Waals surface area contributed by atoms with Crippen molar-refractivity contribution in [1.29, 1.82) is 0 Å². The molecule has 0 radical (unpaired) electrons. The van der Waals surface area contributed by atoms with Crippen molar-refractivity contribution in [2.75, 3.05) is 13.7 Å². The van der Waals surface area contributed by atoms with Gasteiger partial charge in [0.2, 0.25) is 0 Å². The van der Waals surface area contributed by atoms with Crippen LogP contribution in [0.4, 0.5) is 0 Å². The third-order valence-electron chi connectivity index (χ3n) is 2.84. The van der Waals surface area contributed by atoms with Crippen molar-refractivity contribution < 1.29 is 4.74 Å². The Balaban J connectivity index is 1.91. The Morgan fingerprint density at radius 1 is 1.26 bits per heavy atom. The second kappa shape index (κ2) is 7.26. The van der Waals surface area contributed by atoms with E-state index in [1.165, 1.54) is 15.4 Å². The second-order valence-electron chi connectivity index (χ2n) is 4.42. The fourth-order valence-electron chi connectivity index (χ4n) is 1.82. The predicted molar refractivity (Wildman–Crippen MR) is 79.9 cm³/mol. The monoisotopic (exact) mass is 276 g/mol. The first-order valence-corrected chi connectivity index (χ1v) is 7.40. The van der Waals surface area contributed by atoms with Crippen LogP contribution in [-0.4, -0.2) is 18.6 Å². The standard InChI is InChI=1S/C15H20N2OS/c1-3-8-16-10-14-11-17-15(19-14)9-12-4-6-13(18-2)7-5-12/h4-7,11,16H,3,8-10H2,1-2H3. The van der Waals surface area contributed by atoms with Gasteiger partial charge >= 0.3 is 0 Å². The maximum absolute atomic E-state index is 5.16. The van der Waals surface area contributed by atoms with Crippen molar-refractivity contribution in [2.45, 2.75) is 26.3 Å². The molecular formula is C15H20N2OS. The second-order valence-corrected chi connectivity index (χ2v) is 5.62. The van der Waals surface area contributed by atoms with Gasteiger partial charge in [0.05, 0.1) is 12.1 Å². The van der Waals surface area contributed by atoms with Crippen LogP contribution in [0.5, 0.6) is 5.75 Å². The Morgan fingerprint density at radius 2 is 2.05 bits per heavy atom. The van der Waals surface area contributed by atoms with Gasteiger partial charge < -0.3 is 10.1 Å². The summed E-state index contributed by atoms with van der Waals surface area (Å²) >= 11 is 1.78. The molecule has 0 amide bonds. The largest absolute Gasteiger partial charge is 0.497 e. The highest BCUT2D eigenvalue weighted by molar-refractivity contribution is 7.11. The molecule has 0 saturated carbocycles. The Bertz CT molecular complexity index is 493. The van der Waals surface area contributed by atoms with E-state index in [0.29, 0.717) is 0 Å². The van der Waals surface area contributed by atoms with E-state index in [-0.39, 0.29) is 0 Å². The lowest BCUT2D eigenvalue weighted by atomic mass is 10.1. The molecule has 0 aliphatic rings. The zero-order chi connectivity index (χ0) is 13.5. The van der Waals surface area contributed by atoms with Crippen molar-refractivity contribution in [1.82, 2.24) is 10.3 Å². The number of hydrogen-bond acceptors (Lipinski definition) is 4. The SMILES string of the molecule is CCCNCc1cnc(Cc2ccc(OC)cc2)s1. The molecule has 102 valence electrons. The number of rotatable bonds is 7. The highest BCUT2D eigenvalue weighted by Crippen LogP contribution is 2.18. The number of hydrogen-bond donors (Lipinski definition) is 1. The molecule has 0 bridgehead atoms. The molecule has 1 aromatic heterocycles. The molecule has 2 aromatic rings. The first-order valence-electron chi connectivity index (χ1n) is 6.59. The summed E-state index contributed by atoms with van der Waals surface area (Å²) in [7, 11) is 1.69. The third kappa shape index (κ3) is 4.33. The minimum atomic E-state index is 0.891. The van der Waals surface area contributed by atoms with Gasteiger partial charge in [0.15, 0.2) is 0 Å². The number of ether oxygens (including phenoxy) is 1. The third-order valence-corrected chi connectivity index (χ3v) is 3.84. The van der Waals surface area contributed by atoms with Crippen LogP contribution in [0, 0.1) is 0 Å². The maximum Gasteiger partial charge on any atom is 0.118 e. The lowest BCUT2D eigenvalue weighted by Crippen LogP contribution is -2.12. The molecule has 0 spiro atoms. The highest BCUT2D eigenvalue weighted by Gasteiger charge is 2.03. The summed E-state index contributed by atoms with van der Waals surface area (Å²) in [6.45, 7) is 4.16. The lowest BCUT2D eigenvalue weighted by Gasteiger charge is -2.01. The smallest absolute Gasteiger partial charge is 0.118 e. The Morgan fingerprint density at radius 3 is 2.74 bits per heavy atom. The molecule has 0 fully saturated rings. The summed E-state index contributed by atoms with van der Waals surface area (Å²) in [5.41, 5.74) is 1.27. The molecule has 0 saturated heterocycles. The zero-order valence-electron chi connectivity index (χ0n) is 11.5. The van der Waals surface area contributed by atoms with Gasteiger partial charge in [-0.2, -0.15) is 0 Å². The van der Waals surface area contributed by atoms with Gasteiger partial charge in [0, 0.05) is 24.0 Å². The fourth-order valence-corrected chi connectivity index (χ4v) is 2.74. The summed E-state index contributed by atoms with van der Waals surface area (Å²) in [6, 6.07) is 8.17. The molecule has 3 nitrogen and oxygen atoms in total. The van der Waals surface area contributed by atoms with Gasteiger partial charge in [-0.05, 0) is 30.7 Å². The number of nitrogens with zero attached hydrogens (tertiary/aromatic N) is 1. The molecule has 1 aromatic carbocycles. The Labute approximate surface area is 118 Å². The average molecular weight is 276 g/mol. The molecular weight excluding hydrogens is 256 g/mol. The summed E-state index contributed by atoms with van der Waals surface area (Å²) < 4.78 is 5.16. The lowest BCUT2D eigenvalue weighted by molar-refractivity contribution is 0.414. The van der Waals surface area contributed by atoms with Crippen LogP contribution in [0.15, 0.2) is 30.5 Å². The zero-order valence-corrected chi connectivity index (χ0v) is 12.3. The average Bonchev–Trinajstić information content (AvgIpc) is 2.88. The minimum absolute atomic E-state index is 0.891. The minimum Gasteiger partial charge on any atom is -0.497 e. The van der Waals surface area contributed by atoms with Crippen LogP contribution >= 0.6 is 11.3 Å². The Hall–Kier alpha value is -1.39. The van der Waals surface area contributed by atoms with Crippen LogP contribution < -0.4 is 10.1 Å². The fraction of sp³-hybridized carbons (Fsp3) is 0.400. The van der Waals surface area contributed by atoms with E-state index >= 15 is 0 Å². The van der Waals surface area contributed by atoms with Crippen LogP contribution in [0.2, 0.25) is 0 Å². The van der Waals surface area contributed by atoms with Crippen molar-refractivity contribution in [3.63, 3.8) is 0 Å². The van der Waals surface area contributed by atoms with Gasteiger partial charge in [-0.1, -0.05) is 19.1 Å². The van der Waals surface area contributed by atoms with E-state index in [1.807, 2.05) is 18.3 Å². The quantitative estimate of drug-likeness (QED) is 0.788. The molecule has 0 aliphatic carbocycles. The molecule has 4 heteroatoms. The van der Waals surface area contributed by atoms with E-state index in [2.05, 4.69) is 29.4 Å². The summed E-state index contributed by atoms with van der Waals surface area (Å²) in [4.78, 5) is 5.78. The van der Waals surface area contributed by atoms with Crippen molar-refractivity contribution >= 4 is 11.3 Å². The van der Waals surface area contributed by atoms with Gasteiger partial charge in [-0.25, -0.2) is 4.98 Å². The first-order chi connectivity index (χ1) is 9.31. The number of thiazole rings is 1. The van der Waals surface area contributed by atoms with E-state index in [1.54, 1.807) is 18.4 Å². The molecule has 0 aliphatic heterocycles. The normalized spacial score (nSPS) is 10.6. The topological polar surface area (TPSA) is 34.2 Å².